The molecule has 0 aliphatic heterocycles. The van der Waals surface area contributed by atoms with Crippen molar-refractivity contribution in [2.24, 2.45) is 0 Å². The lowest BCUT2D eigenvalue weighted by molar-refractivity contribution is 0.573. The molecule has 2 nitrogen and oxygen atoms in total. The summed E-state index contributed by atoms with van der Waals surface area (Å²) in [4.78, 5) is 3.21. The Hall–Kier alpha value is -1.92. The number of H-pyrrole nitrogens is 1. The molecule has 3 rings (SSSR count). The minimum absolute atomic E-state index is 0.546. The number of nitrogens with zero attached hydrogens (tertiary/aromatic N) is 1. The first kappa shape index (κ1) is 12.1. The molecule has 0 saturated carbocycles. The standard InChI is InChI=1S/C16H14N2S/c17-10-14-9-13-8-12(11-4-2-1-3-5-11)6-7-15(13)18-16(14)19/h1-5,9,12H,6-8H2,(H,18,19)/t12-/m1/s1. The summed E-state index contributed by atoms with van der Waals surface area (Å²) in [5.41, 5.74) is 4.41. The molecule has 1 aliphatic carbocycles. The summed E-state index contributed by atoms with van der Waals surface area (Å²) in [5, 5.41) is 9.07. The number of aromatic nitrogens is 1. The second kappa shape index (κ2) is 4.99. The van der Waals surface area contributed by atoms with Crippen molar-refractivity contribution in [3.63, 3.8) is 0 Å². The molecular formula is C16H14N2S. The molecule has 0 unspecified atom stereocenters. The van der Waals surface area contributed by atoms with Gasteiger partial charge in [-0.05, 0) is 42.4 Å². The largest absolute Gasteiger partial charge is 0.349 e. The zero-order valence-corrected chi connectivity index (χ0v) is 11.3. The Morgan fingerprint density at radius 1 is 1.26 bits per heavy atom. The van der Waals surface area contributed by atoms with E-state index in [1.807, 2.05) is 12.1 Å². The van der Waals surface area contributed by atoms with Gasteiger partial charge in [-0.2, -0.15) is 5.26 Å². The Kier molecular flexibility index (Phi) is 3.18. The average Bonchev–Trinajstić information content (AvgIpc) is 2.47. The van der Waals surface area contributed by atoms with Crippen molar-refractivity contribution < 1.29 is 0 Å². The number of aromatic amines is 1. The van der Waals surface area contributed by atoms with E-state index >= 15 is 0 Å². The van der Waals surface area contributed by atoms with Gasteiger partial charge in [-0.1, -0.05) is 42.5 Å². The van der Waals surface area contributed by atoms with Gasteiger partial charge in [0.05, 0.1) is 5.56 Å². The highest BCUT2D eigenvalue weighted by Gasteiger charge is 2.21. The van der Waals surface area contributed by atoms with Gasteiger partial charge in [-0.3, -0.25) is 0 Å². The van der Waals surface area contributed by atoms with Gasteiger partial charge in [0.1, 0.15) is 10.7 Å². The molecule has 2 aromatic rings. The first-order chi connectivity index (χ1) is 9.28. The Bertz CT molecular complexity index is 695. The molecule has 1 aliphatic rings. The van der Waals surface area contributed by atoms with Crippen LogP contribution in [-0.4, -0.2) is 4.98 Å². The molecule has 0 radical (unpaired) electrons. The molecule has 0 spiro atoms. The molecule has 0 amide bonds. The summed E-state index contributed by atoms with van der Waals surface area (Å²) >= 11 is 5.18. The fourth-order valence-corrected chi connectivity index (χ4v) is 3.02. The number of nitrogens with one attached hydrogen (secondary N) is 1. The predicted molar refractivity (Wildman–Crippen MR) is 77.5 cm³/mol. The lowest BCUT2D eigenvalue weighted by Crippen LogP contribution is -2.14. The quantitative estimate of drug-likeness (QED) is 0.795. The van der Waals surface area contributed by atoms with Crippen LogP contribution in [0.5, 0.6) is 0 Å². The maximum atomic E-state index is 9.07. The number of aryl methyl sites for hydroxylation is 1. The molecule has 94 valence electrons. The normalized spacial score (nSPS) is 17.5. The van der Waals surface area contributed by atoms with Gasteiger partial charge >= 0.3 is 0 Å². The number of rotatable bonds is 1. The smallest absolute Gasteiger partial charge is 0.121 e. The highest BCUT2D eigenvalue weighted by atomic mass is 32.1. The maximum Gasteiger partial charge on any atom is 0.121 e. The van der Waals surface area contributed by atoms with Gasteiger partial charge in [0.15, 0.2) is 0 Å². The Balaban J connectivity index is 1.96. The lowest BCUT2D eigenvalue weighted by Gasteiger charge is -2.25. The molecule has 0 saturated heterocycles. The summed E-state index contributed by atoms with van der Waals surface area (Å²) in [6.07, 6.45) is 3.12. The number of pyridine rings is 1. The van der Waals surface area contributed by atoms with Crippen LogP contribution in [0.15, 0.2) is 36.4 Å². The molecule has 0 fully saturated rings. The van der Waals surface area contributed by atoms with E-state index in [0.29, 0.717) is 16.1 Å². The fraction of sp³-hybridized carbons (Fsp3) is 0.250. The molecule has 1 aromatic heterocycles. The van der Waals surface area contributed by atoms with E-state index < -0.39 is 0 Å². The van der Waals surface area contributed by atoms with Crippen molar-refractivity contribution in [1.82, 2.24) is 4.98 Å². The Morgan fingerprint density at radius 3 is 2.79 bits per heavy atom. The summed E-state index contributed by atoms with van der Waals surface area (Å²) in [6, 6.07) is 14.7. The fourth-order valence-electron chi connectivity index (χ4n) is 2.80. The highest BCUT2D eigenvalue weighted by molar-refractivity contribution is 7.71. The van der Waals surface area contributed by atoms with Crippen LogP contribution < -0.4 is 0 Å². The van der Waals surface area contributed by atoms with Crippen LogP contribution in [0.1, 0.15) is 34.7 Å². The molecule has 1 aromatic carbocycles. The maximum absolute atomic E-state index is 9.07. The number of nitriles is 1. The minimum Gasteiger partial charge on any atom is -0.349 e. The molecule has 1 N–H and O–H groups in total. The second-order valence-electron chi connectivity index (χ2n) is 4.98. The lowest BCUT2D eigenvalue weighted by atomic mass is 9.82. The molecular weight excluding hydrogens is 252 g/mol. The van der Waals surface area contributed by atoms with Gasteiger partial charge < -0.3 is 4.98 Å². The Morgan fingerprint density at radius 2 is 2.05 bits per heavy atom. The molecule has 1 heterocycles. The van der Waals surface area contributed by atoms with Crippen molar-refractivity contribution in [1.29, 1.82) is 5.26 Å². The number of benzene rings is 1. The third-order valence-electron chi connectivity index (χ3n) is 3.82. The third-order valence-corrected chi connectivity index (χ3v) is 4.14. The van der Waals surface area contributed by atoms with Crippen LogP contribution in [0.25, 0.3) is 0 Å². The zero-order chi connectivity index (χ0) is 13.2. The molecule has 0 bridgehead atoms. The molecule has 19 heavy (non-hydrogen) atoms. The zero-order valence-electron chi connectivity index (χ0n) is 10.5. The van der Waals surface area contributed by atoms with E-state index in [2.05, 4.69) is 35.3 Å². The van der Waals surface area contributed by atoms with Crippen LogP contribution in [0.3, 0.4) is 0 Å². The van der Waals surface area contributed by atoms with E-state index in [0.717, 1.165) is 19.3 Å². The molecule has 3 heteroatoms. The van der Waals surface area contributed by atoms with Crippen molar-refractivity contribution >= 4 is 12.2 Å². The number of hydrogen-bond acceptors (Lipinski definition) is 2. The van der Waals surface area contributed by atoms with Crippen molar-refractivity contribution in [3.8, 4) is 6.07 Å². The molecule has 1 atom stereocenters. The van der Waals surface area contributed by atoms with E-state index in [4.69, 9.17) is 17.5 Å². The minimum atomic E-state index is 0.546. The second-order valence-corrected chi connectivity index (χ2v) is 5.39. The van der Waals surface area contributed by atoms with E-state index in [-0.39, 0.29) is 0 Å². The van der Waals surface area contributed by atoms with Crippen molar-refractivity contribution in [2.75, 3.05) is 0 Å². The summed E-state index contributed by atoms with van der Waals surface area (Å²) in [5.74, 6) is 0.546. The summed E-state index contributed by atoms with van der Waals surface area (Å²) in [6.45, 7) is 0. The monoisotopic (exact) mass is 266 g/mol. The van der Waals surface area contributed by atoms with E-state index in [1.54, 1.807) is 0 Å². The van der Waals surface area contributed by atoms with Gasteiger partial charge in [-0.15, -0.1) is 0 Å². The first-order valence-electron chi connectivity index (χ1n) is 6.48. The number of hydrogen-bond donors (Lipinski definition) is 1. The van der Waals surface area contributed by atoms with E-state index in [1.165, 1.54) is 16.8 Å². The van der Waals surface area contributed by atoms with Crippen molar-refractivity contribution in [2.45, 2.75) is 25.2 Å². The van der Waals surface area contributed by atoms with Crippen LogP contribution in [-0.2, 0) is 12.8 Å². The van der Waals surface area contributed by atoms with E-state index in [9.17, 15) is 0 Å². The van der Waals surface area contributed by atoms with Crippen LogP contribution >= 0.6 is 12.2 Å². The van der Waals surface area contributed by atoms with Gasteiger partial charge in [0.2, 0.25) is 0 Å². The van der Waals surface area contributed by atoms with Crippen LogP contribution in [0, 0.1) is 16.0 Å². The highest BCUT2D eigenvalue weighted by Crippen LogP contribution is 2.32. The predicted octanol–water partition coefficient (Wildman–Crippen LogP) is 3.89. The number of fused-ring (bicyclic) bond motifs is 1. The summed E-state index contributed by atoms with van der Waals surface area (Å²) in [7, 11) is 0. The van der Waals surface area contributed by atoms with Gasteiger partial charge in [0, 0.05) is 5.69 Å². The Labute approximate surface area is 117 Å². The SMILES string of the molecule is N#Cc1cc2c([nH]c1=S)CC[C@@H](c1ccccc1)C2. The average molecular weight is 266 g/mol. The topological polar surface area (TPSA) is 39.6 Å². The van der Waals surface area contributed by atoms with Crippen LogP contribution in [0.2, 0.25) is 0 Å². The van der Waals surface area contributed by atoms with Crippen molar-refractivity contribution in [3.05, 3.63) is 63.4 Å². The third kappa shape index (κ3) is 2.32. The summed E-state index contributed by atoms with van der Waals surface area (Å²) < 4.78 is 0.569. The van der Waals surface area contributed by atoms with Crippen LogP contribution in [0.4, 0.5) is 0 Å². The van der Waals surface area contributed by atoms with Gasteiger partial charge in [-0.25, -0.2) is 0 Å². The first-order valence-corrected chi connectivity index (χ1v) is 6.89. The van der Waals surface area contributed by atoms with Gasteiger partial charge in [0.25, 0.3) is 0 Å².